The van der Waals surface area contributed by atoms with Gasteiger partial charge in [0, 0.05) is 6.07 Å². The van der Waals surface area contributed by atoms with Gasteiger partial charge in [0.1, 0.15) is 11.6 Å². The number of anilines is 2. The Hall–Kier alpha value is -3.35. The van der Waals surface area contributed by atoms with E-state index < -0.39 is 46.1 Å². The van der Waals surface area contributed by atoms with Crippen LogP contribution in [0.15, 0.2) is 71.6 Å². The first-order valence-corrected chi connectivity index (χ1v) is 12.9. The van der Waals surface area contributed by atoms with Crippen LogP contribution in [0.4, 0.5) is 28.9 Å². The van der Waals surface area contributed by atoms with Crippen molar-refractivity contribution in [2.75, 3.05) is 4.90 Å². The SMILES string of the molecule is O=S(=O)(N[C@@H]1CCCC(N2c3ccccc3Oc3cc(F)ccc32)[C@H]1O)c1ccc(OC(F)(F)F)cc1. The fraction of sp³-hybridized carbons (Fsp3) is 0.280. The fourth-order valence-electron chi connectivity index (χ4n) is 4.77. The van der Waals surface area contributed by atoms with Crippen LogP contribution in [0.25, 0.3) is 0 Å². The number of nitrogens with one attached hydrogen (secondary N) is 1. The molecule has 3 atom stereocenters. The van der Waals surface area contributed by atoms with Crippen molar-refractivity contribution in [3.05, 3.63) is 72.5 Å². The van der Waals surface area contributed by atoms with E-state index in [2.05, 4.69) is 9.46 Å². The monoisotopic (exact) mass is 538 g/mol. The smallest absolute Gasteiger partial charge is 0.453 e. The predicted octanol–water partition coefficient (Wildman–Crippen LogP) is 5.23. The highest BCUT2D eigenvalue weighted by atomic mass is 32.2. The van der Waals surface area contributed by atoms with E-state index in [0.29, 0.717) is 36.4 Å². The Bertz CT molecular complexity index is 1400. The van der Waals surface area contributed by atoms with Gasteiger partial charge in [0.25, 0.3) is 0 Å². The molecule has 37 heavy (non-hydrogen) atoms. The van der Waals surface area contributed by atoms with Gasteiger partial charge < -0.3 is 19.5 Å². The highest BCUT2D eigenvalue weighted by Gasteiger charge is 2.41. The van der Waals surface area contributed by atoms with Gasteiger partial charge in [0.05, 0.1) is 34.5 Å². The summed E-state index contributed by atoms with van der Waals surface area (Å²) in [5.74, 6) is -0.295. The number of ether oxygens (including phenoxy) is 2. The zero-order valence-electron chi connectivity index (χ0n) is 19.2. The first-order valence-electron chi connectivity index (χ1n) is 11.4. The first kappa shape index (κ1) is 25.3. The number of hydrogen-bond acceptors (Lipinski definition) is 6. The molecule has 196 valence electrons. The summed E-state index contributed by atoms with van der Waals surface area (Å²) in [5, 5.41) is 11.3. The van der Waals surface area contributed by atoms with E-state index in [0.717, 1.165) is 24.3 Å². The Labute approximate surface area is 210 Å². The fourth-order valence-corrected chi connectivity index (χ4v) is 6.06. The van der Waals surface area contributed by atoms with Crippen LogP contribution in [0.3, 0.4) is 0 Å². The zero-order valence-corrected chi connectivity index (χ0v) is 20.0. The van der Waals surface area contributed by atoms with Crippen molar-refractivity contribution in [1.82, 2.24) is 4.72 Å². The van der Waals surface area contributed by atoms with Crippen molar-refractivity contribution in [3.63, 3.8) is 0 Å². The summed E-state index contributed by atoms with van der Waals surface area (Å²) in [6.45, 7) is 0. The number of fused-ring (bicyclic) bond motifs is 2. The summed E-state index contributed by atoms with van der Waals surface area (Å²) < 4.78 is 89.3. The van der Waals surface area contributed by atoms with Crippen LogP contribution < -0.4 is 19.1 Å². The Kier molecular flexibility index (Phi) is 6.50. The molecule has 1 heterocycles. The number of rotatable bonds is 5. The van der Waals surface area contributed by atoms with Gasteiger partial charge >= 0.3 is 6.36 Å². The third kappa shape index (κ3) is 5.22. The van der Waals surface area contributed by atoms with Gasteiger partial charge in [0.15, 0.2) is 11.5 Å². The number of aliphatic hydroxyl groups excluding tert-OH is 1. The number of benzene rings is 3. The summed E-state index contributed by atoms with van der Waals surface area (Å²) >= 11 is 0. The van der Waals surface area contributed by atoms with E-state index in [1.165, 1.54) is 12.1 Å². The molecule has 2 N–H and O–H groups in total. The Morgan fingerprint density at radius 2 is 1.68 bits per heavy atom. The average molecular weight is 539 g/mol. The van der Waals surface area contributed by atoms with Crippen molar-refractivity contribution >= 4 is 21.4 Å². The molecule has 0 aromatic heterocycles. The van der Waals surface area contributed by atoms with Gasteiger partial charge in [-0.15, -0.1) is 13.2 Å². The second-order valence-corrected chi connectivity index (χ2v) is 10.5. The first-order chi connectivity index (χ1) is 17.5. The maximum atomic E-state index is 13.9. The van der Waals surface area contributed by atoms with Crippen LogP contribution in [0.1, 0.15) is 19.3 Å². The molecular weight excluding hydrogens is 516 g/mol. The Morgan fingerprint density at radius 3 is 2.41 bits per heavy atom. The molecule has 1 saturated carbocycles. The van der Waals surface area contributed by atoms with E-state index in [1.54, 1.807) is 30.3 Å². The number of halogens is 4. The minimum Gasteiger partial charge on any atom is -0.453 e. The molecule has 0 amide bonds. The number of sulfonamides is 1. The number of aliphatic hydroxyl groups is 1. The molecular formula is C25H22F4N2O5S. The molecule has 1 unspecified atom stereocenters. The molecule has 3 aromatic carbocycles. The number of hydrogen-bond donors (Lipinski definition) is 2. The predicted molar refractivity (Wildman–Crippen MR) is 126 cm³/mol. The van der Waals surface area contributed by atoms with Gasteiger partial charge in [-0.05, 0) is 67.8 Å². The van der Waals surface area contributed by atoms with Crippen LogP contribution in [-0.4, -0.2) is 38.1 Å². The standard InChI is InChI=1S/C25H22F4N2O5S/c26-15-8-13-20-23(14-15)35-22-7-2-1-5-19(22)31(20)21-6-3-4-18(24(21)32)30-37(33,34)17-11-9-16(10-12-17)36-25(27,28)29/h1-2,5,7-14,18,21,24,30,32H,3-4,6H2/t18-,21?,24+/m1/s1. The number of para-hydroxylation sites is 2. The molecule has 2 aliphatic rings. The van der Waals surface area contributed by atoms with Crippen molar-refractivity contribution in [1.29, 1.82) is 0 Å². The number of alkyl halides is 3. The highest BCUT2D eigenvalue weighted by molar-refractivity contribution is 7.89. The maximum Gasteiger partial charge on any atom is 0.573 e. The lowest BCUT2D eigenvalue weighted by atomic mass is 9.86. The molecule has 0 bridgehead atoms. The molecule has 0 radical (unpaired) electrons. The van der Waals surface area contributed by atoms with Crippen LogP contribution in [0.5, 0.6) is 17.2 Å². The van der Waals surface area contributed by atoms with Gasteiger partial charge in [-0.2, -0.15) is 0 Å². The normalized spacial score (nSPS) is 21.5. The zero-order chi connectivity index (χ0) is 26.4. The molecule has 3 aromatic rings. The summed E-state index contributed by atoms with van der Waals surface area (Å²) in [6, 6.07) is 13.5. The lowest BCUT2D eigenvalue weighted by Crippen LogP contribution is -2.56. The second kappa shape index (κ2) is 9.51. The molecule has 7 nitrogen and oxygen atoms in total. The Morgan fingerprint density at radius 1 is 0.973 bits per heavy atom. The largest absolute Gasteiger partial charge is 0.573 e. The van der Waals surface area contributed by atoms with E-state index >= 15 is 0 Å². The summed E-state index contributed by atoms with van der Waals surface area (Å²) in [5.41, 5.74) is 1.18. The van der Waals surface area contributed by atoms with Crippen LogP contribution in [0.2, 0.25) is 0 Å². The van der Waals surface area contributed by atoms with Crippen molar-refractivity contribution in [2.24, 2.45) is 0 Å². The van der Waals surface area contributed by atoms with Crippen LogP contribution in [0, 0.1) is 5.82 Å². The van der Waals surface area contributed by atoms with Crippen LogP contribution in [-0.2, 0) is 10.0 Å². The van der Waals surface area contributed by atoms with Crippen LogP contribution >= 0.6 is 0 Å². The van der Waals surface area contributed by atoms with E-state index in [9.17, 15) is 31.1 Å². The second-order valence-electron chi connectivity index (χ2n) is 8.79. The lowest BCUT2D eigenvalue weighted by molar-refractivity contribution is -0.274. The third-order valence-electron chi connectivity index (χ3n) is 6.35. The molecule has 1 aliphatic heterocycles. The molecule has 0 spiro atoms. The molecule has 1 aliphatic carbocycles. The summed E-state index contributed by atoms with van der Waals surface area (Å²) in [7, 11) is -4.17. The average Bonchev–Trinajstić information content (AvgIpc) is 2.83. The van der Waals surface area contributed by atoms with Gasteiger partial charge in [-0.25, -0.2) is 17.5 Å². The lowest BCUT2D eigenvalue weighted by Gasteiger charge is -2.44. The highest BCUT2D eigenvalue weighted by Crippen LogP contribution is 2.49. The maximum absolute atomic E-state index is 13.9. The Balaban J connectivity index is 1.40. The minimum atomic E-state index is -4.90. The quantitative estimate of drug-likeness (QED) is 0.433. The molecule has 0 saturated heterocycles. The van der Waals surface area contributed by atoms with Gasteiger partial charge in [-0.3, -0.25) is 0 Å². The molecule has 1 fully saturated rings. The van der Waals surface area contributed by atoms with E-state index in [1.807, 2.05) is 4.90 Å². The summed E-state index contributed by atoms with van der Waals surface area (Å²) in [4.78, 5) is 1.57. The molecule has 12 heteroatoms. The van der Waals surface area contributed by atoms with Gasteiger partial charge in [-0.1, -0.05) is 12.1 Å². The van der Waals surface area contributed by atoms with E-state index in [-0.39, 0.29) is 10.6 Å². The topological polar surface area (TPSA) is 88.1 Å². The van der Waals surface area contributed by atoms with Gasteiger partial charge in [0.2, 0.25) is 10.0 Å². The minimum absolute atomic E-state index is 0.270. The summed E-state index contributed by atoms with van der Waals surface area (Å²) in [6.07, 6.45) is -4.63. The number of nitrogens with zero attached hydrogens (tertiary/aromatic N) is 1. The van der Waals surface area contributed by atoms with E-state index in [4.69, 9.17) is 4.74 Å². The molecule has 5 rings (SSSR count). The van der Waals surface area contributed by atoms with Crippen molar-refractivity contribution in [2.45, 2.75) is 48.7 Å². The third-order valence-corrected chi connectivity index (χ3v) is 7.86. The van der Waals surface area contributed by atoms with Crippen molar-refractivity contribution < 1.29 is 40.6 Å². The van der Waals surface area contributed by atoms with Crippen molar-refractivity contribution in [3.8, 4) is 17.2 Å².